The third-order valence-electron chi connectivity index (χ3n) is 5.48. The van der Waals surface area contributed by atoms with Crippen LogP contribution in [0.3, 0.4) is 0 Å². The van der Waals surface area contributed by atoms with E-state index in [0.29, 0.717) is 34.4 Å². The van der Waals surface area contributed by atoms with Gasteiger partial charge in [-0.15, -0.1) is 11.8 Å². The highest BCUT2D eigenvalue weighted by Crippen LogP contribution is 2.43. The van der Waals surface area contributed by atoms with Crippen molar-refractivity contribution in [2.75, 3.05) is 32.4 Å². The summed E-state index contributed by atoms with van der Waals surface area (Å²) in [6.45, 7) is 0. The minimum atomic E-state index is -0.752. The van der Waals surface area contributed by atoms with Gasteiger partial charge in [-0.2, -0.15) is 0 Å². The molecule has 1 heterocycles. The molecule has 8 nitrogen and oxygen atoms in total. The fourth-order valence-corrected chi connectivity index (χ4v) is 5.17. The molecular formula is C26H26N2O6S. The van der Waals surface area contributed by atoms with E-state index >= 15 is 0 Å². The van der Waals surface area contributed by atoms with Crippen molar-refractivity contribution >= 4 is 29.4 Å². The van der Waals surface area contributed by atoms with Gasteiger partial charge in [0, 0.05) is 11.8 Å². The van der Waals surface area contributed by atoms with Gasteiger partial charge >= 0.3 is 12.0 Å². The Balaban J connectivity index is 1.62. The maximum absolute atomic E-state index is 13.5. The van der Waals surface area contributed by atoms with Gasteiger partial charge < -0.3 is 24.3 Å². The van der Waals surface area contributed by atoms with Gasteiger partial charge in [-0.3, -0.25) is 4.90 Å². The summed E-state index contributed by atoms with van der Waals surface area (Å²) in [6, 6.07) is 20.8. The highest BCUT2D eigenvalue weighted by molar-refractivity contribution is 7.99. The van der Waals surface area contributed by atoms with Crippen LogP contribution >= 0.6 is 11.8 Å². The molecular weight excluding hydrogens is 468 g/mol. The van der Waals surface area contributed by atoms with Crippen LogP contribution < -0.4 is 19.5 Å². The number of benzene rings is 3. The SMILES string of the molecule is COC(=O)C1CSC(c2cccc(Oc3ccccc3)c2)N1C(=O)Nc1ccc(OC)cc1OC. The molecule has 1 saturated heterocycles. The number of para-hydroxylation sites is 1. The number of ether oxygens (including phenoxy) is 4. The number of carbonyl (C=O) groups is 2. The molecule has 0 aromatic heterocycles. The standard InChI is InChI=1S/C26H26N2O6S/c1-31-19-12-13-21(23(15-19)32-2)27-26(30)28-22(25(29)33-3)16-35-24(28)17-8-7-11-20(14-17)34-18-9-5-4-6-10-18/h4-15,22,24H,16H2,1-3H3,(H,27,30). The number of hydrogen-bond donors (Lipinski definition) is 1. The molecule has 0 bridgehead atoms. The molecule has 4 rings (SSSR count). The maximum atomic E-state index is 13.5. The third-order valence-corrected chi connectivity index (χ3v) is 6.80. The van der Waals surface area contributed by atoms with Crippen LogP contribution in [-0.4, -0.2) is 50.0 Å². The second-order valence-corrected chi connectivity index (χ2v) is 8.73. The summed E-state index contributed by atoms with van der Waals surface area (Å²) in [5, 5.41) is 2.44. The number of anilines is 1. The number of nitrogens with one attached hydrogen (secondary N) is 1. The number of esters is 1. The van der Waals surface area contributed by atoms with E-state index in [4.69, 9.17) is 18.9 Å². The van der Waals surface area contributed by atoms with E-state index in [2.05, 4.69) is 5.32 Å². The molecule has 35 heavy (non-hydrogen) atoms. The number of hydrogen-bond acceptors (Lipinski definition) is 7. The van der Waals surface area contributed by atoms with Crippen molar-refractivity contribution in [3.05, 3.63) is 78.4 Å². The summed E-state index contributed by atoms with van der Waals surface area (Å²) < 4.78 is 21.6. The van der Waals surface area contributed by atoms with Crippen LogP contribution in [0.4, 0.5) is 10.5 Å². The molecule has 1 aliphatic heterocycles. The molecule has 0 spiro atoms. The Bertz CT molecular complexity index is 1190. The Kier molecular flexibility index (Phi) is 7.67. The van der Waals surface area contributed by atoms with E-state index in [-0.39, 0.29) is 0 Å². The largest absolute Gasteiger partial charge is 0.497 e. The topological polar surface area (TPSA) is 86.3 Å². The van der Waals surface area contributed by atoms with Crippen LogP contribution in [0.2, 0.25) is 0 Å². The second kappa shape index (κ2) is 11.1. The van der Waals surface area contributed by atoms with Crippen molar-refractivity contribution in [2.24, 2.45) is 0 Å². The average molecular weight is 495 g/mol. The summed E-state index contributed by atoms with van der Waals surface area (Å²) >= 11 is 1.48. The zero-order valence-corrected chi connectivity index (χ0v) is 20.4. The molecule has 1 fully saturated rings. The highest BCUT2D eigenvalue weighted by atomic mass is 32.2. The van der Waals surface area contributed by atoms with Gasteiger partial charge in [-0.25, -0.2) is 9.59 Å². The van der Waals surface area contributed by atoms with Crippen LogP contribution in [-0.2, 0) is 9.53 Å². The summed E-state index contributed by atoms with van der Waals surface area (Å²) in [5.74, 6) is 2.29. The van der Waals surface area contributed by atoms with Crippen molar-refractivity contribution < 1.29 is 28.5 Å². The monoisotopic (exact) mass is 494 g/mol. The molecule has 2 atom stereocenters. The minimum absolute atomic E-state index is 0.397. The van der Waals surface area contributed by atoms with Gasteiger partial charge in [0.15, 0.2) is 0 Å². The third kappa shape index (κ3) is 5.46. The Morgan fingerprint density at radius 2 is 1.66 bits per heavy atom. The lowest BCUT2D eigenvalue weighted by Crippen LogP contribution is -2.45. The first kappa shape index (κ1) is 24.3. The molecule has 0 aliphatic carbocycles. The molecule has 1 aliphatic rings. The second-order valence-electron chi connectivity index (χ2n) is 7.62. The van der Waals surface area contributed by atoms with Gasteiger partial charge in [-0.05, 0) is 42.0 Å². The number of urea groups is 1. The van der Waals surface area contributed by atoms with E-state index in [1.54, 1.807) is 25.3 Å². The normalized spacial score (nSPS) is 16.9. The van der Waals surface area contributed by atoms with E-state index in [9.17, 15) is 9.59 Å². The van der Waals surface area contributed by atoms with Gasteiger partial charge in [-0.1, -0.05) is 30.3 Å². The van der Waals surface area contributed by atoms with Crippen molar-refractivity contribution in [1.82, 2.24) is 4.90 Å². The van der Waals surface area contributed by atoms with Crippen molar-refractivity contribution in [3.63, 3.8) is 0 Å². The lowest BCUT2D eigenvalue weighted by Gasteiger charge is -2.29. The zero-order chi connectivity index (χ0) is 24.8. The Morgan fingerprint density at radius 1 is 0.886 bits per heavy atom. The molecule has 3 aromatic carbocycles. The molecule has 182 valence electrons. The maximum Gasteiger partial charge on any atom is 0.329 e. The van der Waals surface area contributed by atoms with Crippen molar-refractivity contribution in [2.45, 2.75) is 11.4 Å². The Hall–Kier alpha value is -3.85. The first-order valence-electron chi connectivity index (χ1n) is 10.9. The predicted octanol–water partition coefficient (Wildman–Crippen LogP) is 5.32. The fourth-order valence-electron chi connectivity index (χ4n) is 3.77. The van der Waals surface area contributed by atoms with Crippen molar-refractivity contribution in [3.8, 4) is 23.0 Å². The van der Waals surface area contributed by atoms with Crippen LogP contribution in [0.25, 0.3) is 0 Å². The molecule has 3 aromatic rings. The summed E-state index contributed by atoms with van der Waals surface area (Å²) in [5.41, 5.74) is 1.28. The molecule has 1 N–H and O–H groups in total. The number of thioether (sulfide) groups is 1. The number of amides is 2. The van der Waals surface area contributed by atoms with E-state index < -0.39 is 23.4 Å². The minimum Gasteiger partial charge on any atom is -0.497 e. The van der Waals surface area contributed by atoms with E-state index in [1.165, 1.54) is 30.9 Å². The predicted molar refractivity (Wildman–Crippen MR) is 134 cm³/mol. The molecule has 2 unspecified atom stereocenters. The van der Waals surface area contributed by atoms with Gasteiger partial charge in [0.2, 0.25) is 0 Å². The molecule has 2 amide bonds. The first-order chi connectivity index (χ1) is 17.0. The first-order valence-corrected chi connectivity index (χ1v) is 11.9. The summed E-state index contributed by atoms with van der Waals surface area (Å²) in [4.78, 5) is 27.6. The Morgan fingerprint density at radius 3 is 2.37 bits per heavy atom. The van der Waals surface area contributed by atoms with Gasteiger partial charge in [0.1, 0.15) is 34.4 Å². The lowest BCUT2D eigenvalue weighted by atomic mass is 10.1. The van der Waals surface area contributed by atoms with Gasteiger partial charge in [0.05, 0.1) is 27.0 Å². The number of carbonyl (C=O) groups excluding carboxylic acids is 2. The van der Waals surface area contributed by atoms with Crippen LogP contribution in [0.1, 0.15) is 10.9 Å². The van der Waals surface area contributed by atoms with Crippen molar-refractivity contribution in [1.29, 1.82) is 0 Å². The van der Waals surface area contributed by atoms with E-state index in [0.717, 1.165) is 5.56 Å². The van der Waals surface area contributed by atoms with Gasteiger partial charge in [0.25, 0.3) is 0 Å². The van der Waals surface area contributed by atoms with Crippen LogP contribution in [0.15, 0.2) is 72.8 Å². The van der Waals surface area contributed by atoms with Crippen LogP contribution in [0.5, 0.6) is 23.0 Å². The lowest BCUT2D eigenvalue weighted by molar-refractivity contribution is -0.144. The summed E-state index contributed by atoms with van der Waals surface area (Å²) in [6.07, 6.45) is 0. The molecule has 9 heteroatoms. The molecule has 0 radical (unpaired) electrons. The number of nitrogens with zero attached hydrogens (tertiary/aromatic N) is 1. The zero-order valence-electron chi connectivity index (χ0n) is 19.6. The van der Waals surface area contributed by atoms with E-state index in [1.807, 2.05) is 54.6 Å². The number of methoxy groups -OCH3 is 3. The molecule has 0 saturated carbocycles. The highest BCUT2D eigenvalue weighted by Gasteiger charge is 2.43. The smallest absolute Gasteiger partial charge is 0.329 e. The quantitative estimate of drug-likeness (QED) is 0.445. The Labute approximate surface area is 208 Å². The van der Waals surface area contributed by atoms with Crippen LogP contribution in [0, 0.1) is 0 Å². The number of rotatable bonds is 7. The summed E-state index contributed by atoms with van der Waals surface area (Å²) in [7, 11) is 4.38. The fraction of sp³-hybridized carbons (Fsp3) is 0.231. The average Bonchev–Trinajstić information content (AvgIpc) is 3.35.